The minimum absolute atomic E-state index is 0.104. The Morgan fingerprint density at radius 1 is 1.35 bits per heavy atom. The van der Waals surface area contributed by atoms with Crippen molar-refractivity contribution in [2.45, 2.75) is 12.7 Å². The van der Waals surface area contributed by atoms with E-state index in [1.807, 2.05) is 0 Å². The number of halogens is 3. The van der Waals surface area contributed by atoms with Crippen LogP contribution in [0.3, 0.4) is 0 Å². The number of allylic oxidation sites excluding steroid dienone is 1. The molecule has 0 fully saturated rings. The first-order valence-electron chi connectivity index (χ1n) is 7.37. The molecule has 1 atom stereocenters. The van der Waals surface area contributed by atoms with Gasteiger partial charge in [-0.3, -0.25) is 20.4 Å². The number of hydrogen-bond donors (Lipinski definition) is 3. The fraction of sp³-hybridized carbons (Fsp3) is 0.125. The molecule has 0 aliphatic carbocycles. The molecule has 2 aromatic rings. The number of nitrogens with zero attached hydrogens (tertiary/aromatic N) is 3. The number of hydrogen-bond acceptors (Lipinski definition) is 6. The van der Waals surface area contributed by atoms with Gasteiger partial charge in [0.05, 0.1) is 22.8 Å². The van der Waals surface area contributed by atoms with E-state index in [1.165, 1.54) is 16.8 Å². The highest BCUT2D eigenvalue weighted by molar-refractivity contribution is 6.30. The van der Waals surface area contributed by atoms with Crippen molar-refractivity contribution >= 4 is 17.9 Å². The molecule has 0 saturated heterocycles. The van der Waals surface area contributed by atoms with Crippen molar-refractivity contribution in [3.8, 4) is 11.3 Å². The van der Waals surface area contributed by atoms with E-state index in [2.05, 4.69) is 20.0 Å². The Bertz CT molecular complexity index is 942. The van der Waals surface area contributed by atoms with Crippen molar-refractivity contribution in [1.29, 1.82) is 10.8 Å². The highest BCUT2D eigenvalue weighted by atomic mass is 35.5. The van der Waals surface area contributed by atoms with Crippen molar-refractivity contribution in [3.63, 3.8) is 0 Å². The van der Waals surface area contributed by atoms with Gasteiger partial charge in [0.1, 0.15) is 11.8 Å². The SMILES string of the molecule is N=Cn1c(-c2ccncc2)cc(C2NC=C(OC(F)F)C=C2Cl)nc1=N. The molecule has 1 unspecified atom stereocenters. The molecule has 1 aliphatic heterocycles. The highest BCUT2D eigenvalue weighted by Crippen LogP contribution is 2.30. The number of alkyl halides is 2. The number of pyridine rings is 1. The van der Waals surface area contributed by atoms with E-state index in [0.717, 1.165) is 11.9 Å². The summed E-state index contributed by atoms with van der Waals surface area (Å²) in [6.45, 7) is -2.96. The largest absolute Gasteiger partial charge is 0.433 e. The van der Waals surface area contributed by atoms with Crippen LogP contribution in [0.15, 0.2) is 53.7 Å². The second-order valence-corrected chi connectivity index (χ2v) is 5.62. The third-order valence-electron chi connectivity index (χ3n) is 3.58. The molecule has 3 N–H and O–H groups in total. The summed E-state index contributed by atoms with van der Waals surface area (Å²) in [5, 5.41) is 18.6. The summed E-state index contributed by atoms with van der Waals surface area (Å²) in [6, 6.07) is 4.50. The Hall–Kier alpha value is -3.07. The van der Waals surface area contributed by atoms with Gasteiger partial charge in [0, 0.05) is 24.2 Å². The van der Waals surface area contributed by atoms with Crippen LogP contribution in [0.5, 0.6) is 0 Å². The van der Waals surface area contributed by atoms with Gasteiger partial charge in [0.2, 0.25) is 5.62 Å². The fourth-order valence-electron chi connectivity index (χ4n) is 2.46. The second-order valence-electron chi connectivity index (χ2n) is 5.18. The smallest absolute Gasteiger partial charge is 0.387 e. The van der Waals surface area contributed by atoms with Gasteiger partial charge in [-0.15, -0.1) is 0 Å². The average molecular weight is 379 g/mol. The maximum atomic E-state index is 12.3. The summed E-state index contributed by atoms with van der Waals surface area (Å²) >= 11 is 6.19. The van der Waals surface area contributed by atoms with Gasteiger partial charge in [-0.1, -0.05) is 11.6 Å². The molecular weight excluding hydrogens is 366 g/mol. The second kappa shape index (κ2) is 7.44. The van der Waals surface area contributed by atoms with E-state index < -0.39 is 12.7 Å². The molecule has 7 nitrogen and oxygen atoms in total. The van der Waals surface area contributed by atoms with Crippen LogP contribution in [0, 0.1) is 10.8 Å². The molecule has 3 rings (SSSR count). The van der Waals surface area contributed by atoms with Crippen LogP contribution in [0.25, 0.3) is 11.3 Å². The predicted molar refractivity (Wildman–Crippen MR) is 90.5 cm³/mol. The van der Waals surface area contributed by atoms with Crippen molar-refractivity contribution in [3.05, 3.63) is 65.0 Å². The fourth-order valence-corrected chi connectivity index (χ4v) is 2.74. The predicted octanol–water partition coefficient (Wildman–Crippen LogP) is 2.73. The maximum Gasteiger partial charge on any atom is 0.387 e. The summed E-state index contributed by atoms with van der Waals surface area (Å²) in [5.41, 5.74) is 1.50. The zero-order valence-corrected chi connectivity index (χ0v) is 13.9. The lowest BCUT2D eigenvalue weighted by molar-refractivity contribution is -0.0927. The van der Waals surface area contributed by atoms with Crippen LogP contribution in [0.2, 0.25) is 0 Å². The lowest BCUT2D eigenvalue weighted by Crippen LogP contribution is -2.30. The van der Waals surface area contributed by atoms with Gasteiger partial charge in [0.15, 0.2) is 0 Å². The van der Waals surface area contributed by atoms with Crippen molar-refractivity contribution in [2.24, 2.45) is 0 Å². The third kappa shape index (κ3) is 3.62. The van der Waals surface area contributed by atoms with Crippen LogP contribution in [-0.4, -0.2) is 27.5 Å². The van der Waals surface area contributed by atoms with E-state index in [9.17, 15) is 8.78 Å². The first kappa shape index (κ1) is 17.7. The number of nitrogens with one attached hydrogen (secondary N) is 3. The molecule has 1 aliphatic rings. The molecule has 0 bridgehead atoms. The highest BCUT2D eigenvalue weighted by Gasteiger charge is 2.23. The van der Waals surface area contributed by atoms with Gasteiger partial charge < -0.3 is 10.1 Å². The van der Waals surface area contributed by atoms with Crippen LogP contribution in [0.4, 0.5) is 8.78 Å². The number of ether oxygens (including phenoxy) is 1. The van der Waals surface area contributed by atoms with Crippen molar-refractivity contribution in [1.82, 2.24) is 19.9 Å². The Morgan fingerprint density at radius 2 is 2.08 bits per heavy atom. The summed E-state index contributed by atoms with van der Waals surface area (Å²) in [6.07, 6.45) is 6.70. The number of aromatic nitrogens is 3. The van der Waals surface area contributed by atoms with Crippen LogP contribution in [0.1, 0.15) is 11.7 Å². The Balaban J connectivity index is 2.01. The van der Waals surface area contributed by atoms with E-state index in [0.29, 0.717) is 11.4 Å². The normalized spacial score (nSPS) is 16.5. The van der Waals surface area contributed by atoms with E-state index >= 15 is 0 Å². The summed E-state index contributed by atoms with van der Waals surface area (Å²) in [7, 11) is 0. The molecule has 134 valence electrons. The number of rotatable bonds is 5. The molecule has 0 saturated carbocycles. The van der Waals surface area contributed by atoms with E-state index in [-0.39, 0.29) is 16.4 Å². The molecule has 26 heavy (non-hydrogen) atoms. The standard InChI is InChI=1S/C16H13ClF2N6O/c17-11-5-10(26-15(18)19)7-23-14(11)12-6-13(9-1-3-22-4-2-9)25(8-20)16(21)24-12/h1-8,14-15,20-21,23H. The van der Waals surface area contributed by atoms with Crippen LogP contribution >= 0.6 is 11.6 Å². The minimum atomic E-state index is -2.96. The van der Waals surface area contributed by atoms with Crippen molar-refractivity contribution in [2.75, 3.05) is 0 Å². The first-order chi connectivity index (χ1) is 12.5. The quantitative estimate of drug-likeness (QED) is 0.550. The molecule has 0 aromatic carbocycles. The first-order valence-corrected chi connectivity index (χ1v) is 7.74. The minimum Gasteiger partial charge on any atom is -0.433 e. The summed E-state index contributed by atoms with van der Waals surface area (Å²) in [5.74, 6) is -0.104. The number of dihydropyridines is 1. The van der Waals surface area contributed by atoms with Gasteiger partial charge in [-0.05, 0) is 24.3 Å². The molecule has 0 radical (unpaired) electrons. The van der Waals surface area contributed by atoms with E-state index in [4.69, 9.17) is 22.4 Å². The van der Waals surface area contributed by atoms with Gasteiger partial charge in [-0.2, -0.15) is 8.78 Å². The molecule has 10 heteroatoms. The molecule has 3 heterocycles. The van der Waals surface area contributed by atoms with Crippen LogP contribution < -0.4 is 10.9 Å². The topological polar surface area (TPSA) is 99.7 Å². The Labute approximate surface area is 151 Å². The van der Waals surface area contributed by atoms with Crippen molar-refractivity contribution < 1.29 is 13.5 Å². The summed E-state index contributed by atoms with van der Waals surface area (Å²) in [4.78, 5) is 8.10. The summed E-state index contributed by atoms with van der Waals surface area (Å²) < 4.78 is 30.2. The zero-order chi connectivity index (χ0) is 18.7. The third-order valence-corrected chi connectivity index (χ3v) is 3.91. The Morgan fingerprint density at radius 3 is 2.69 bits per heavy atom. The molecule has 2 aromatic heterocycles. The average Bonchev–Trinajstić information content (AvgIpc) is 2.61. The molecule has 0 spiro atoms. The molecule has 0 amide bonds. The van der Waals surface area contributed by atoms with Gasteiger partial charge >= 0.3 is 6.61 Å². The van der Waals surface area contributed by atoms with Crippen LogP contribution in [-0.2, 0) is 4.74 Å². The lowest BCUT2D eigenvalue weighted by Gasteiger charge is -2.22. The Kier molecular flexibility index (Phi) is 5.08. The maximum absolute atomic E-state index is 12.3. The zero-order valence-electron chi connectivity index (χ0n) is 13.2. The van der Waals surface area contributed by atoms with Gasteiger partial charge in [0.25, 0.3) is 0 Å². The van der Waals surface area contributed by atoms with E-state index in [1.54, 1.807) is 30.6 Å². The molecular formula is C16H13ClF2N6O. The monoisotopic (exact) mass is 378 g/mol. The van der Waals surface area contributed by atoms with Gasteiger partial charge in [-0.25, -0.2) is 4.98 Å². The lowest BCUT2D eigenvalue weighted by atomic mass is 10.1.